The molecule has 1 unspecified atom stereocenters. The van der Waals surface area contributed by atoms with Gasteiger partial charge >= 0.3 is 0 Å². The van der Waals surface area contributed by atoms with Crippen LogP contribution in [-0.4, -0.2) is 0 Å². The van der Waals surface area contributed by atoms with Crippen molar-refractivity contribution >= 4 is 15.9 Å². The Hall–Kier alpha value is -1.36. The van der Waals surface area contributed by atoms with Gasteiger partial charge in [0.05, 0.1) is 4.83 Å². The lowest BCUT2D eigenvalue weighted by molar-refractivity contribution is 0.445. The monoisotopic (exact) mass is 332 g/mol. The molecule has 0 aliphatic heterocycles. The summed E-state index contributed by atoms with van der Waals surface area (Å²) < 4.78 is 52.4. The van der Waals surface area contributed by atoms with Crippen LogP contribution in [0.5, 0.6) is 0 Å². The second-order valence-corrected chi connectivity index (χ2v) is 5.09. The lowest BCUT2D eigenvalue weighted by atomic mass is 10.0. The van der Waals surface area contributed by atoms with E-state index in [1.165, 1.54) is 12.1 Å². The molecule has 0 spiro atoms. The maximum atomic E-state index is 13.2. The van der Waals surface area contributed by atoms with E-state index in [0.717, 1.165) is 12.1 Å². The Morgan fingerprint density at radius 1 is 0.842 bits per heavy atom. The van der Waals surface area contributed by atoms with Gasteiger partial charge in [-0.2, -0.15) is 0 Å². The highest BCUT2D eigenvalue weighted by Crippen LogP contribution is 2.33. The minimum absolute atomic E-state index is 0.224. The standard InChI is InChI=1S/C14H9BrF4/c1-7-4-8(2-3-10(7)16)13(15)9-5-11(17)14(19)12(18)6-9/h2-6,13H,1H3. The summed E-state index contributed by atoms with van der Waals surface area (Å²) in [5.41, 5.74) is 1.27. The highest BCUT2D eigenvalue weighted by atomic mass is 79.9. The Bertz CT molecular complexity index is 602. The molecule has 2 rings (SSSR count). The minimum Gasteiger partial charge on any atom is -0.207 e. The molecule has 0 saturated heterocycles. The molecular weight excluding hydrogens is 324 g/mol. The van der Waals surface area contributed by atoms with Crippen LogP contribution < -0.4 is 0 Å². The first-order valence-corrected chi connectivity index (χ1v) is 6.36. The lowest BCUT2D eigenvalue weighted by Gasteiger charge is -2.12. The van der Waals surface area contributed by atoms with E-state index in [-0.39, 0.29) is 11.4 Å². The van der Waals surface area contributed by atoms with E-state index in [0.29, 0.717) is 11.1 Å². The van der Waals surface area contributed by atoms with Crippen molar-refractivity contribution in [3.8, 4) is 0 Å². The summed E-state index contributed by atoms with van der Waals surface area (Å²) in [7, 11) is 0. The lowest BCUT2D eigenvalue weighted by Crippen LogP contribution is -1.99. The summed E-state index contributed by atoms with van der Waals surface area (Å²) in [6.07, 6.45) is 0. The fraction of sp³-hybridized carbons (Fsp3) is 0.143. The van der Waals surface area contributed by atoms with E-state index in [1.807, 2.05) is 0 Å². The minimum atomic E-state index is -1.50. The van der Waals surface area contributed by atoms with Crippen molar-refractivity contribution in [2.45, 2.75) is 11.8 Å². The van der Waals surface area contributed by atoms with Crippen molar-refractivity contribution in [2.75, 3.05) is 0 Å². The van der Waals surface area contributed by atoms with E-state index >= 15 is 0 Å². The molecule has 0 aliphatic carbocycles. The van der Waals surface area contributed by atoms with Crippen molar-refractivity contribution in [3.63, 3.8) is 0 Å². The number of aryl methyl sites for hydroxylation is 1. The summed E-state index contributed by atoms with van der Waals surface area (Å²) in [6.45, 7) is 1.59. The maximum absolute atomic E-state index is 13.2. The Labute approximate surface area is 116 Å². The van der Waals surface area contributed by atoms with Crippen LogP contribution in [0.1, 0.15) is 21.5 Å². The Morgan fingerprint density at radius 3 is 1.95 bits per heavy atom. The molecule has 2 aromatic carbocycles. The number of halogens is 5. The predicted octanol–water partition coefficient (Wildman–Crippen LogP) is 5.04. The van der Waals surface area contributed by atoms with Crippen molar-refractivity contribution in [3.05, 3.63) is 70.3 Å². The van der Waals surface area contributed by atoms with Crippen LogP contribution in [0.4, 0.5) is 17.6 Å². The molecule has 0 saturated carbocycles. The van der Waals surface area contributed by atoms with Crippen LogP contribution in [0.3, 0.4) is 0 Å². The average Bonchev–Trinajstić information content (AvgIpc) is 2.37. The number of alkyl halides is 1. The molecule has 0 nitrogen and oxygen atoms in total. The third-order valence-corrected chi connectivity index (χ3v) is 3.83. The van der Waals surface area contributed by atoms with Crippen LogP contribution in [-0.2, 0) is 0 Å². The van der Waals surface area contributed by atoms with Gasteiger partial charge in [-0.3, -0.25) is 0 Å². The first-order valence-electron chi connectivity index (χ1n) is 5.44. The van der Waals surface area contributed by atoms with Gasteiger partial charge < -0.3 is 0 Å². The van der Waals surface area contributed by atoms with Gasteiger partial charge in [-0.05, 0) is 41.8 Å². The highest BCUT2D eigenvalue weighted by Gasteiger charge is 2.17. The molecule has 5 heteroatoms. The SMILES string of the molecule is Cc1cc(C(Br)c2cc(F)c(F)c(F)c2)ccc1F. The molecule has 0 amide bonds. The summed E-state index contributed by atoms with van der Waals surface area (Å²) in [6, 6.07) is 6.16. The van der Waals surface area contributed by atoms with Crippen molar-refractivity contribution < 1.29 is 17.6 Å². The molecular formula is C14H9BrF4. The van der Waals surface area contributed by atoms with Crippen LogP contribution >= 0.6 is 15.9 Å². The van der Waals surface area contributed by atoms with Gasteiger partial charge in [0.25, 0.3) is 0 Å². The summed E-state index contributed by atoms with van der Waals surface area (Å²) in [5, 5.41) is 0. The molecule has 0 radical (unpaired) electrons. The van der Waals surface area contributed by atoms with E-state index in [2.05, 4.69) is 15.9 Å². The van der Waals surface area contributed by atoms with Crippen LogP contribution in [0.15, 0.2) is 30.3 Å². The Balaban J connectivity index is 2.43. The molecule has 19 heavy (non-hydrogen) atoms. The molecule has 0 aromatic heterocycles. The number of benzene rings is 2. The van der Waals surface area contributed by atoms with E-state index in [1.54, 1.807) is 13.0 Å². The van der Waals surface area contributed by atoms with Gasteiger partial charge in [0.2, 0.25) is 0 Å². The second kappa shape index (κ2) is 5.33. The predicted molar refractivity (Wildman–Crippen MR) is 68.2 cm³/mol. The molecule has 0 bridgehead atoms. The van der Waals surface area contributed by atoms with Gasteiger partial charge in [-0.1, -0.05) is 28.1 Å². The second-order valence-electron chi connectivity index (χ2n) is 4.17. The van der Waals surface area contributed by atoms with Crippen LogP contribution in [0.25, 0.3) is 0 Å². The summed E-state index contributed by atoms with van der Waals surface area (Å²) in [5.74, 6) is -4.37. The largest absolute Gasteiger partial charge is 0.207 e. The molecule has 2 aromatic rings. The molecule has 100 valence electrons. The van der Waals surface area contributed by atoms with Crippen molar-refractivity contribution in [2.24, 2.45) is 0 Å². The Morgan fingerprint density at radius 2 is 1.42 bits per heavy atom. The van der Waals surface area contributed by atoms with Gasteiger partial charge in [-0.15, -0.1) is 0 Å². The molecule has 0 heterocycles. The van der Waals surface area contributed by atoms with Crippen molar-refractivity contribution in [1.29, 1.82) is 0 Å². The summed E-state index contributed by atoms with van der Waals surface area (Å²) >= 11 is 3.27. The van der Waals surface area contributed by atoms with Crippen LogP contribution in [0, 0.1) is 30.2 Å². The van der Waals surface area contributed by atoms with E-state index in [4.69, 9.17) is 0 Å². The van der Waals surface area contributed by atoms with Gasteiger partial charge in [0, 0.05) is 0 Å². The van der Waals surface area contributed by atoms with Gasteiger partial charge in [0.1, 0.15) is 5.82 Å². The van der Waals surface area contributed by atoms with E-state index < -0.39 is 22.3 Å². The first-order chi connectivity index (χ1) is 8.90. The molecule has 0 N–H and O–H groups in total. The number of hydrogen-bond donors (Lipinski definition) is 0. The zero-order chi connectivity index (χ0) is 14.2. The summed E-state index contributed by atoms with van der Waals surface area (Å²) in [4.78, 5) is -0.545. The van der Waals surface area contributed by atoms with Crippen LogP contribution in [0.2, 0.25) is 0 Å². The van der Waals surface area contributed by atoms with Gasteiger partial charge in [-0.25, -0.2) is 17.6 Å². The fourth-order valence-corrected chi connectivity index (χ4v) is 2.29. The third-order valence-electron chi connectivity index (χ3n) is 2.77. The first kappa shape index (κ1) is 14.1. The highest BCUT2D eigenvalue weighted by molar-refractivity contribution is 9.09. The number of hydrogen-bond acceptors (Lipinski definition) is 0. The normalized spacial score (nSPS) is 12.5. The zero-order valence-electron chi connectivity index (χ0n) is 9.85. The maximum Gasteiger partial charge on any atom is 0.194 e. The Kier molecular flexibility index (Phi) is 3.94. The molecule has 0 aliphatic rings. The smallest absolute Gasteiger partial charge is 0.194 e. The van der Waals surface area contributed by atoms with Gasteiger partial charge in [0.15, 0.2) is 17.5 Å². The molecule has 0 fully saturated rings. The molecule has 1 atom stereocenters. The van der Waals surface area contributed by atoms with Crippen molar-refractivity contribution in [1.82, 2.24) is 0 Å². The third kappa shape index (κ3) is 2.81. The topological polar surface area (TPSA) is 0 Å². The zero-order valence-corrected chi connectivity index (χ0v) is 11.4. The average molecular weight is 333 g/mol. The quantitative estimate of drug-likeness (QED) is 0.411. The van der Waals surface area contributed by atoms with E-state index in [9.17, 15) is 17.6 Å². The number of rotatable bonds is 2. The fourth-order valence-electron chi connectivity index (χ4n) is 1.74.